The van der Waals surface area contributed by atoms with E-state index in [1.165, 1.54) is 0 Å². The molecule has 1 aromatic carbocycles. The monoisotopic (exact) mass is 305 g/mol. The van der Waals surface area contributed by atoms with Crippen molar-refractivity contribution in [2.24, 2.45) is 5.92 Å². The van der Waals surface area contributed by atoms with Gasteiger partial charge in [-0.15, -0.1) is 0 Å². The van der Waals surface area contributed by atoms with Crippen molar-refractivity contribution in [1.29, 1.82) is 0 Å². The van der Waals surface area contributed by atoms with E-state index in [1.807, 2.05) is 37.3 Å². The molecule has 21 heavy (non-hydrogen) atoms. The van der Waals surface area contributed by atoms with Crippen LogP contribution in [0.15, 0.2) is 34.9 Å². The van der Waals surface area contributed by atoms with E-state index in [-0.39, 0.29) is 12.5 Å². The minimum atomic E-state index is -0.950. The van der Waals surface area contributed by atoms with Gasteiger partial charge in [-0.3, -0.25) is 4.79 Å². The van der Waals surface area contributed by atoms with Crippen molar-refractivity contribution >= 4 is 23.2 Å². The fourth-order valence-corrected chi connectivity index (χ4v) is 1.89. The summed E-state index contributed by atoms with van der Waals surface area (Å²) in [6.07, 6.45) is 0.464. The van der Waals surface area contributed by atoms with Crippen LogP contribution in [0.3, 0.4) is 0 Å². The van der Waals surface area contributed by atoms with E-state index in [1.54, 1.807) is 0 Å². The predicted molar refractivity (Wildman–Crippen MR) is 80.8 cm³/mol. The molecule has 0 saturated carbocycles. The van der Waals surface area contributed by atoms with E-state index in [2.05, 4.69) is 15.5 Å². The molecule has 7 heteroatoms. The van der Waals surface area contributed by atoms with Crippen LogP contribution in [0.1, 0.15) is 12.8 Å². The molecule has 0 aliphatic rings. The Morgan fingerprint density at radius 3 is 2.81 bits per heavy atom. The van der Waals surface area contributed by atoms with Gasteiger partial charge in [-0.05, 0) is 0 Å². The Morgan fingerprint density at radius 2 is 2.14 bits per heavy atom. The molecule has 2 rings (SSSR count). The molecule has 0 aliphatic heterocycles. The molecule has 0 spiro atoms. The number of aromatic nitrogens is 2. The smallest absolute Gasteiger partial charge is 0.322 e. The van der Waals surface area contributed by atoms with Crippen molar-refractivity contribution in [1.82, 2.24) is 15.5 Å². The summed E-state index contributed by atoms with van der Waals surface area (Å²) < 4.78 is 5.20. The molecule has 2 N–H and O–H groups in total. The summed E-state index contributed by atoms with van der Waals surface area (Å²) in [5, 5.41) is 15.2. The molecule has 1 atom stereocenters. The number of carboxylic acids is 1. The minimum absolute atomic E-state index is 0.0802. The summed E-state index contributed by atoms with van der Waals surface area (Å²) in [7, 11) is 0. The largest absolute Gasteiger partial charge is 0.480 e. The molecule has 1 aromatic heterocycles. The normalized spacial score (nSPS) is 11.9. The fourth-order valence-electron chi connectivity index (χ4n) is 1.73. The number of hydrogen-bond acceptors (Lipinski definition) is 5. The van der Waals surface area contributed by atoms with Crippen LogP contribution in [0.5, 0.6) is 0 Å². The minimum Gasteiger partial charge on any atom is -0.480 e. The van der Waals surface area contributed by atoms with Gasteiger partial charge in [-0.2, -0.15) is 4.98 Å². The van der Waals surface area contributed by atoms with Gasteiger partial charge in [0.05, 0.1) is 4.99 Å². The fraction of sp³-hybridized carbons (Fsp3) is 0.286. The maximum atomic E-state index is 10.5. The zero-order valence-corrected chi connectivity index (χ0v) is 12.3. The van der Waals surface area contributed by atoms with Crippen molar-refractivity contribution in [2.75, 3.05) is 6.54 Å². The lowest BCUT2D eigenvalue weighted by Crippen LogP contribution is -2.32. The van der Waals surface area contributed by atoms with Gasteiger partial charge in [0.2, 0.25) is 11.7 Å². The highest BCUT2D eigenvalue weighted by Gasteiger charge is 2.15. The number of benzene rings is 1. The zero-order chi connectivity index (χ0) is 15.2. The van der Waals surface area contributed by atoms with Crippen LogP contribution >= 0.6 is 12.2 Å². The molecular weight excluding hydrogens is 290 g/mol. The van der Waals surface area contributed by atoms with Crippen molar-refractivity contribution in [3.63, 3.8) is 0 Å². The number of hydrogen-bond donors (Lipinski definition) is 2. The van der Waals surface area contributed by atoms with E-state index >= 15 is 0 Å². The van der Waals surface area contributed by atoms with Crippen LogP contribution in [0.25, 0.3) is 11.4 Å². The molecule has 0 radical (unpaired) electrons. The maximum Gasteiger partial charge on any atom is 0.322 e. The van der Waals surface area contributed by atoms with Crippen molar-refractivity contribution < 1.29 is 14.4 Å². The number of rotatable bonds is 6. The molecule has 0 aliphatic carbocycles. The molecule has 1 unspecified atom stereocenters. The van der Waals surface area contributed by atoms with Gasteiger partial charge >= 0.3 is 5.97 Å². The summed E-state index contributed by atoms with van der Waals surface area (Å²) in [6.45, 7) is 1.69. The molecular formula is C14H15N3O3S. The van der Waals surface area contributed by atoms with Crippen LogP contribution in [-0.4, -0.2) is 32.7 Å². The quantitative estimate of drug-likeness (QED) is 0.788. The van der Waals surface area contributed by atoms with E-state index in [0.717, 1.165) is 5.56 Å². The first-order chi connectivity index (χ1) is 10.1. The Labute approximate surface area is 127 Å². The first kappa shape index (κ1) is 15.1. The molecule has 0 amide bonds. The van der Waals surface area contributed by atoms with Crippen LogP contribution in [0, 0.1) is 5.92 Å². The number of thiocarbonyl (C=S) groups is 1. The highest BCUT2D eigenvalue weighted by molar-refractivity contribution is 7.80. The highest BCUT2D eigenvalue weighted by Crippen LogP contribution is 2.16. The molecule has 0 fully saturated rings. The Kier molecular flexibility index (Phi) is 4.99. The summed E-state index contributed by atoms with van der Waals surface area (Å²) in [4.78, 5) is 15.3. The van der Waals surface area contributed by atoms with Crippen molar-refractivity contribution in [2.45, 2.75) is 13.3 Å². The van der Waals surface area contributed by atoms with Gasteiger partial charge in [0.15, 0.2) is 0 Å². The summed E-state index contributed by atoms with van der Waals surface area (Å²) in [5.74, 6) is -0.0276. The topological polar surface area (TPSA) is 88.3 Å². The van der Waals surface area contributed by atoms with Gasteiger partial charge in [0.1, 0.15) is 6.54 Å². The second-order valence-corrected chi connectivity index (χ2v) is 5.03. The van der Waals surface area contributed by atoms with Crippen LogP contribution < -0.4 is 5.32 Å². The van der Waals surface area contributed by atoms with Crippen molar-refractivity contribution in [3.05, 3.63) is 36.2 Å². The molecule has 110 valence electrons. The highest BCUT2D eigenvalue weighted by atomic mass is 32.1. The molecule has 0 bridgehead atoms. The summed E-state index contributed by atoms with van der Waals surface area (Å²) >= 11 is 5.13. The average molecular weight is 305 g/mol. The van der Waals surface area contributed by atoms with Gasteiger partial charge in [0, 0.05) is 17.9 Å². The summed E-state index contributed by atoms with van der Waals surface area (Å²) in [6, 6.07) is 9.52. The van der Waals surface area contributed by atoms with Crippen LogP contribution in [-0.2, 0) is 11.2 Å². The van der Waals surface area contributed by atoms with E-state index < -0.39 is 5.97 Å². The third-order valence-electron chi connectivity index (χ3n) is 2.84. The van der Waals surface area contributed by atoms with Crippen LogP contribution in [0.2, 0.25) is 0 Å². The number of carboxylic acid groups (broad SMARTS) is 1. The lowest BCUT2D eigenvalue weighted by Gasteiger charge is -2.11. The van der Waals surface area contributed by atoms with E-state index in [0.29, 0.717) is 23.1 Å². The second kappa shape index (κ2) is 6.94. The van der Waals surface area contributed by atoms with Crippen LogP contribution in [0.4, 0.5) is 0 Å². The molecule has 0 saturated heterocycles. The maximum absolute atomic E-state index is 10.5. The van der Waals surface area contributed by atoms with Gasteiger partial charge in [-0.1, -0.05) is 54.6 Å². The standard InChI is InChI=1S/C14H15N3O3S/c1-9(14(21)15-8-12(18)19)7-11-16-13(17-20-11)10-5-3-2-4-6-10/h2-6,9H,7-8H2,1H3,(H,15,21)(H,18,19). The van der Waals surface area contributed by atoms with Gasteiger partial charge in [0.25, 0.3) is 0 Å². The summed E-state index contributed by atoms with van der Waals surface area (Å²) in [5.41, 5.74) is 0.881. The first-order valence-electron chi connectivity index (χ1n) is 6.43. The predicted octanol–water partition coefficient (Wildman–Crippen LogP) is 1.92. The zero-order valence-electron chi connectivity index (χ0n) is 11.4. The number of nitrogens with zero attached hydrogens (tertiary/aromatic N) is 2. The average Bonchev–Trinajstić information content (AvgIpc) is 2.94. The molecule has 2 aromatic rings. The number of nitrogens with one attached hydrogen (secondary N) is 1. The third-order valence-corrected chi connectivity index (χ3v) is 3.39. The Hall–Kier alpha value is -2.28. The molecule has 1 heterocycles. The van der Waals surface area contributed by atoms with Gasteiger partial charge < -0.3 is 14.9 Å². The lowest BCUT2D eigenvalue weighted by atomic mass is 10.1. The molecule has 6 nitrogen and oxygen atoms in total. The Balaban J connectivity index is 1.96. The Morgan fingerprint density at radius 1 is 1.43 bits per heavy atom. The second-order valence-electron chi connectivity index (χ2n) is 4.59. The van der Waals surface area contributed by atoms with E-state index in [9.17, 15) is 4.79 Å². The number of aliphatic carboxylic acids is 1. The first-order valence-corrected chi connectivity index (χ1v) is 6.84. The lowest BCUT2D eigenvalue weighted by molar-refractivity contribution is -0.135. The van der Waals surface area contributed by atoms with Gasteiger partial charge in [-0.25, -0.2) is 0 Å². The van der Waals surface area contributed by atoms with Crippen molar-refractivity contribution in [3.8, 4) is 11.4 Å². The number of carbonyl (C=O) groups is 1. The van der Waals surface area contributed by atoms with E-state index in [4.69, 9.17) is 21.8 Å². The SMILES string of the molecule is CC(Cc1nc(-c2ccccc2)no1)C(=S)NCC(=O)O. The third kappa shape index (κ3) is 4.35. The Bertz CT molecular complexity index is 627.